The van der Waals surface area contributed by atoms with Crippen LogP contribution >= 0.6 is 23.2 Å². The normalized spacial score (nSPS) is 22.6. The Morgan fingerprint density at radius 1 is 1.18 bits per heavy atom. The van der Waals surface area contributed by atoms with Crippen LogP contribution in [0.2, 0.25) is 10.0 Å². The van der Waals surface area contributed by atoms with Crippen molar-refractivity contribution >= 4 is 40.9 Å². The zero-order valence-corrected chi connectivity index (χ0v) is 20.5. The van der Waals surface area contributed by atoms with Gasteiger partial charge in [-0.15, -0.1) is 0 Å². The van der Waals surface area contributed by atoms with Crippen molar-refractivity contribution in [3.63, 3.8) is 0 Å². The molecule has 0 aromatic heterocycles. The van der Waals surface area contributed by atoms with Gasteiger partial charge in [-0.1, -0.05) is 36.2 Å². The lowest BCUT2D eigenvalue weighted by Crippen LogP contribution is -2.43. The minimum atomic E-state index is -0.963. The first-order valence-corrected chi connectivity index (χ1v) is 11.5. The summed E-state index contributed by atoms with van der Waals surface area (Å²) in [7, 11) is 1.26. The molecule has 1 aromatic rings. The van der Waals surface area contributed by atoms with Gasteiger partial charge in [-0.2, -0.15) is 0 Å². The minimum Gasteiger partial charge on any atom is -0.468 e. The molecule has 0 fully saturated rings. The van der Waals surface area contributed by atoms with E-state index in [-0.39, 0.29) is 35.5 Å². The minimum absolute atomic E-state index is 0.0687. The zero-order chi connectivity index (χ0) is 24.3. The SMILES string of the molecule is CCOCCOC(=O)C1=C(C)NC2=C(C(=O)[C@@H](C(=O)OC)[C@@H](C)C2)[C@@H]1c1ccc(Cl)c(Cl)c1. The number of nitrogens with one attached hydrogen (secondary N) is 1. The van der Waals surface area contributed by atoms with Crippen molar-refractivity contribution in [1.82, 2.24) is 5.32 Å². The molecule has 33 heavy (non-hydrogen) atoms. The zero-order valence-electron chi connectivity index (χ0n) is 19.0. The van der Waals surface area contributed by atoms with Gasteiger partial charge in [0.15, 0.2) is 5.78 Å². The molecule has 3 rings (SSSR count). The molecular weight excluding hydrogens is 469 g/mol. The summed E-state index contributed by atoms with van der Waals surface area (Å²) in [6.07, 6.45) is 0.447. The maximum atomic E-state index is 13.6. The van der Waals surface area contributed by atoms with Gasteiger partial charge in [0, 0.05) is 29.5 Å². The molecule has 7 nitrogen and oxygen atoms in total. The molecular formula is C24H27Cl2NO6. The van der Waals surface area contributed by atoms with Gasteiger partial charge < -0.3 is 19.5 Å². The van der Waals surface area contributed by atoms with Gasteiger partial charge in [0.1, 0.15) is 12.5 Å². The Hall–Kier alpha value is -2.35. The van der Waals surface area contributed by atoms with Crippen molar-refractivity contribution in [1.29, 1.82) is 0 Å². The first kappa shape index (κ1) is 25.3. The second-order valence-corrected chi connectivity index (χ2v) is 8.86. The van der Waals surface area contributed by atoms with Gasteiger partial charge in [-0.05, 0) is 43.9 Å². The number of Topliss-reactive ketones (excluding diaryl/α,β-unsaturated/α-hetero) is 1. The highest BCUT2D eigenvalue weighted by Gasteiger charge is 2.47. The van der Waals surface area contributed by atoms with Crippen LogP contribution in [0.15, 0.2) is 40.7 Å². The summed E-state index contributed by atoms with van der Waals surface area (Å²) in [5, 5.41) is 3.85. The first-order chi connectivity index (χ1) is 15.7. The molecule has 1 heterocycles. The highest BCUT2D eigenvalue weighted by atomic mass is 35.5. The van der Waals surface area contributed by atoms with Crippen LogP contribution < -0.4 is 5.32 Å². The van der Waals surface area contributed by atoms with E-state index in [1.54, 1.807) is 25.1 Å². The van der Waals surface area contributed by atoms with E-state index in [1.165, 1.54) is 7.11 Å². The number of esters is 2. The van der Waals surface area contributed by atoms with Crippen LogP contribution in [0.3, 0.4) is 0 Å². The number of dihydropyridines is 1. The van der Waals surface area contributed by atoms with E-state index in [1.807, 2.05) is 13.8 Å². The number of benzene rings is 1. The maximum absolute atomic E-state index is 13.6. The quantitative estimate of drug-likeness (QED) is 0.344. The van der Waals surface area contributed by atoms with E-state index in [2.05, 4.69) is 5.32 Å². The lowest BCUT2D eigenvalue weighted by Gasteiger charge is -2.38. The Morgan fingerprint density at radius 2 is 1.91 bits per heavy atom. The summed E-state index contributed by atoms with van der Waals surface area (Å²) in [5.74, 6) is -3.57. The monoisotopic (exact) mass is 495 g/mol. The number of carbonyl (C=O) groups is 3. The molecule has 0 saturated carbocycles. The van der Waals surface area contributed by atoms with Crippen molar-refractivity contribution in [2.45, 2.75) is 33.1 Å². The summed E-state index contributed by atoms with van der Waals surface area (Å²) in [6.45, 7) is 6.27. The Bertz CT molecular complexity index is 1030. The molecule has 1 aliphatic carbocycles. The predicted octanol–water partition coefficient (Wildman–Crippen LogP) is 4.19. The van der Waals surface area contributed by atoms with Gasteiger partial charge >= 0.3 is 11.9 Å². The molecule has 0 spiro atoms. The molecule has 0 unspecified atom stereocenters. The molecule has 178 valence electrons. The molecule has 1 aliphatic heterocycles. The number of halogens is 2. The average Bonchev–Trinajstić information content (AvgIpc) is 2.77. The second kappa shape index (κ2) is 10.7. The third kappa shape index (κ3) is 5.10. The second-order valence-electron chi connectivity index (χ2n) is 8.04. The number of rotatable bonds is 7. The van der Waals surface area contributed by atoms with E-state index in [0.717, 1.165) is 0 Å². The highest BCUT2D eigenvalue weighted by Crippen LogP contribution is 2.46. The van der Waals surface area contributed by atoms with Crippen molar-refractivity contribution in [3.05, 3.63) is 56.3 Å². The summed E-state index contributed by atoms with van der Waals surface area (Å²) in [4.78, 5) is 39.2. The number of hydrogen-bond acceptors (Lipinski definition) is 7. The molecule has 2 aliphatic rings. The number of allylic oxidation sites excluding steroid dienone is 3. The van der Waals surface area contributed by atoms with Crippen molar-refractivity contribution in [2.75, 3.05) is 26.9 Å². The molecule has 0 saturated heterocycles. The summed E-state index contributed by atoms with van der Waals surface area (Å²) in [6, 6.07) is 4.96. The molecule has 0 radical (unpaired) electrons. The van der Waals surface area contributed by atoms with E-state index < -0.39 is 23.8 Å². The lowest BCUT2D eigenvalue weighted by atomic mass is 9.69. The number of methoxy groups -OCH3 is 1. The Balaban J connectivity index is 2.10. The number of hydrogen-bond donors (Lipinski definition) is 1. The molecule has 1 N–H and O–H groups in total. The van der Waals surface area contributed by atoms with Gasteiger partial charge in [0.2, 0.25) is 0 Å². The van der Waals surface area contributed by atoms with Crippen molar-refractivity contribution < 1.29 is 28.6 Å². The van der Waals surface area contributed by atoms with E-state index >= 15 is 0 Å². The fourth-order valence-electron chi connectivity index (χ4n) is 4.39. The van der Waals surface area contributed by atoms with Crippen LogP contribution in [-0.2, 0) is 28.6 Å². The van der Waals surface area contributed by atoms with E-state index in [0.29, 0.717) is 40.6 Å². The van der Waals surface area contributed by atoms with Gasteiger partial charge in [0.05, 0.1) is 29.3 Å². The van der Waals surface area contributed by atoms with E-state index in [9.17, 15) is 14.4 Å². The van der Waals surface area contributed by atoms with Crippen LogP contribution in [0, 0.1) is 11.8 Å². The van der Waals surface area contributed by atoms with Crippen LogP contribution in [0.25, 0.3) is 0 Å². The van der Waals surface area contributed by atoms with Gasteiger partial charge in [0.25, 0.3) is 0 Å². The average molecular weight is 496 g/mol. The Morgan fingerprint density at radius 3 is 2.55 bits per heavy atom. The predicted molar refractivity (Wildman–Crippen MR) is 124 cm³/mol. The maximum Gasteiger partial charge on any atom is 0.336 e. The number of carbonyl (C=O) groups excluding carboxylic acids is 3. The Kier molecular flexibility index (Phi) is 8.21. The van der Waals surface area contributed by atoms with E-state index in [4.69, 9.17) is 37.4 Å². The third-order valence-corrected chi connectivity index (χ3v) is 6.64. The van der Waals surface area contributed by atoms with Crippen molar-refractivity contribution in [3.8, 4) is 0 Å². The standard InChI is InChI=1S/C24H27Cl2NO6/c1-5-32-8-9-33-24(30)19-13(3)27-17-10-12(2)18(23(29)31-4)22(28)21(17)20(19)14-6-7-15(25)16(26)11-14/h6-7,11-12,18,20,27H,5,8-10H2,1-4H3/t12-,18-,20+/m0/s1. The van der Waals surface area contributed by atoms with Gasteiger partial charge in [-0.3, -0.25) is 9.59 Å². The largest absolute Gasteiger partial charge is 0.468 e. The summed E-state index contributed by atoms with van der Waals surface area (Å²) in [5.41, 5.74) is 2.45. The van der Waals surface area contributed by atoms with Crippen LogP contribution in [0.4, 0.5) is 0 Å². The van der Waals surface area contributed by atoms with Crippen LogP contribution in [0.1, 0.15) is 38.7 Å². The van der Waals surface area contributed by atoms with Crippen LogP contribution in [0.5, 0.6) is 0 Å². The summed E-state index contributed by atoms with van der Waals surface area (Å²) >= 11 is 12.4. The number of ether oxygens (including phenoxy) is 3. The fourth-order valence-corrected chi connectivity index (χ4v) is 4.70. The molecule has 3 atom stereocenters. The molecule has 1 aromatic carbocycles. The topological polar surface area (TPSA) is 90.9 Å². The summed E-state index contributed by atoms with van der Waals surface area (Å²) < 4.78 is 15.6. The Labute approximate surface area is 203 Å². The highest BCUT2D eigenvalue weighted by molar-refractivity contribution is 6.42. The molecule has 0 amide bonds. The third-order valence-electron chi connectivity index (χ3n) is 5.90. The lowest BCUT2D eigenvalue weighted by molar-refractivity contribution is -0.151. The first-order valence-electron chi connectivity index (χ1n) is 10.7. The van der Waals surface area contributed by atoms with Crippen LogP contribution in [-0.4, -0.2) is 44.7 Å². The van der Waals surface area contributed by atoms with Crippen molar-refractivity contribution in [2.24, 2.45) is 11.8 Å². The smallest absolute Gasteiger partial charge is 0.336 e. The number of ketones is 1. The fraction of sp³-hybridized carbons (Fsp3) is 0.458. The molecule has 9 heteroatoms. The van der Waals surface area contributed by atoms with Gasteiger partial charge in [-0.25, -0.2) is 4.79 Å². The molecule has 0 bridgehead atoms.